The van der Waals surface area contributed by atoms with Gasteiger partial charge in [-0.25, -0.2) is 4.98 Å². The van der Waals surface area contributed by atoms with Crippen LogP contribution in [0.25, 0.3) is 0 Å². The number of esters is 1. The fourth-order valence-corrected chi connectivity index (χ4v) is 2.88. The van der Waals surface area contributed by atoms with Crippen molar-refractivity contribution < 1.29 is 19.1 Å². The van der Waals surface area contributed by atoms with E-state index in [1.807, 2.05) is 19.0 Å². The zero-order chi connectivity index (χ0) is 25.9. The lowest BCUT2D eigenvalue weighted by Crippen LogP contribution is -2.33. The lowest BCUT2D eigenvalue weighted by molar-refractivity contribution is -0.134. The molecule has 2 amide bonds. The Morgan fingerprint density at radius 3 is 2.36 bits per heavy atom. The Morgan fingerprint density at radius 2 is 1.64 bits per heavy atom. The van der Waals surface area contributed by atoms with Crippen molar-refractivity contribution in [2.75, 3.05) is 38.2 Å². The molecule has 0 fully saturated rings. The fourth-order valence-electron chi connectivity index (χ4n) is 2.88. The van der Waals surface area contributed by atoms with Gasteiger partial charge in [0.2, 0.25) is 5.91 Å². The molecule has 0 aliphatic heterocycles. The topological polar surface area (TPSA) is 151 Å². The quantitative estimate of drug-likeness (QED) is 0.224. The maximum atomic E-state index is 12.2. The van der Waals surface area contributed by atoms with Gasteiger partial charge in [-0.2, -0.15) is 0 Å². The zero-order valence-electron chi connectivity index (χ0n) is 20.0. The third-order valence-electron chi connectivity index (χ3n) is 4.73. The molecule has 0 atom stereocenters. The number of ether oxygens (including phenoxy) is 1. The monoisotopic (exact) mass is 489 g/mol. The predicted molar refractivity (Wildman–Crippen MR) is 135 cm³/mol. The highest BCUT2D eigenvalue weighted by Gasteiger charge is 2.11. The molecule has 0 bridgehead atoms. The van der Waals surface area contributed by atoms with E-state index in [0.29, 0.717) is 17.8 Å². The number of nitrogens with two attached hydrogens (primary N) is 1. The maximum Gasteiger partial charge on any atom is 0.312 e. The van der Waals surface area contributed by atoms with Crippen molar-refractivity contribution in [3.8, 4) is 5.75 Å². The number of rotatable bonds is 10. The number of carbonyl (C=O) groups is 3. The van der Waals surface area contributed by atoms with E-state index >= 15 is 0 Å². The van der Waals surface area contributed by atoms with Crippen molar-refractivity contribution in [2.45, 2.75) is 6.42 Å². The van der Waals surface area contributed by atoms with E-state index in [2.05, 4.69) is 25.8 Å². The molecular weight excluding hydrogens is 462 g/mol. The number of pyridine rings is 1. The molecule has 1 aromatic heterocycles. The van der Waals surface area contributed by atoms with Crippen LogP contribution < -0.4 is 21.1 Å². The van der Waals surface area contributed by atoms with Gasteiger partial charge in [0.15, 0.2) is 11.6 Å². The molecule has 186 valence electrons. The second-order valence-electron chi connectivity index (χ2n) is 7.89. The number of nitrogens with zero attached hydrogens (tertiary/aromatic N) is 4. The molecule has 0 saturated carbocycles. The summed E-state index contributed by atoms with van der Waals surface area (Å²) in [7, 11) is 3.74. The number of nitrogens with one attached hydrogen (secondary N) is 2. The first-order valence-electron chi connectivity index (χ1n) is 11.1. The first kappa shape index (κ1) is 26.0. The molecule has 0 saturated heterocycles. The molecule has 0 radical (unpaired) electrons. The minimum absolute atomic E-state index is 0.0327. The minimum Gasteiger partial charge on any atom is -0.424 e. The van der Waals surface area contributed by atoms with Crippen molar-refractivity contribution in [3.63, 3.8) is 0 Å². The van der Waals surface area contributed by atoms with Crippen molar-refractivity contribution >= 4 is 40.8 Å². The van der Waals surface area contributed by atoms with Gasteiger partial charge in [0.05, 0.1) is 13.0 Å². The SMILES string of the molecule is CN(C)CCC(=O)Oc1ccccc1N=Nc1ccc(NC(=O)CNC(=O)c2ccccc2)nc1N. The van der Waals surface area contributed by atoms with Gasteiger partial charge in [0, 0.05) is 12.1 Å². The number of anilines is 2. The molecule has 0 aliphatic rings. The molecule has 3 rings (SSSR count). The molecule has 0 aliphatic carbocycles. The van der Waals surface area contributed by atoms with E-state index in [0.717, 1.165) is 0 Å². The van der Waals surface area contributed by atoms with Crippen LogP contribution in [0.1, 0.15) is 16.8 Å². The van der Waals surface area contributed by atoms with Crippen LogP contribution in [0.4, 0.5) is 23.0 Å². The third kappa shape index (κ3) is 7.99. The summed E-state index contributed by atoms with van der Waals surface area (Å²) < 4.78 is 5.40. The lowest BCUT2D eigenvalue weighted by Gasteiger charge is -2.10. The van der Waals surface area contributed by atoms with Crippen LogP contribution in [-0.4, -0.2) is 54.9 Å². The van der Waals surface area contributed by atoms with Crippen LogP contribution in [0.3, 0.4) is 0 Å². The van der Waals surface area contributed by atoms with Crippen molar-refractivity contribution in [1.29, 1.82) is 0 Å². The number of aromatic nitrogens is 1. The summed E-state index contributed by atoms with van der Waals surface area (Å²) in [4.78, 5) is 42.3. The summed E-state index contributed by atoms with van der Waals surface area (Å²) in [5, 5.41) is 13.3. The Balaban J connectivity index is 1.58. The summed E-state index contributed by atoms with van der Waals surface area (Å²) in [6.07, 6.45) is 0.235. The average Bonchev–Trinajstić information content (AvgIpc) is 2.87. The number of benzene rings is 2. The van der Waals surface area contributed by atoms with Gasteiger partial charge in [0.25, 0.3) is 5.91 Å². The van der Waals surface area contributed by atoms with E-state index in [1.54, 1.807) is 54.6 Å². The molecule has 4 N–H and O–H groups in total. The average molecular weight is 490 g/mol. The smallest absolute Gasteiger partial charge is 0.312 e. The molecule has 11 heteroatoms. The first-order chi connectivity index (χ1) is 17.3. The number of amides is 2. The predicted octanol–water partition coefficient (Wildman–Crippen LogP) is 3.30. The molecule has 11 nitrogen and oxygen atoms in total. The Morgan fingerprint density at radius 1 is 0.944 bits per heavy atom. The van der Waals surface area contributed by atoms with E-state index in [1.165, 1.54) is 12.1 Å². The van der Waals surface area contributed by atoms with Crippen LogP contribution in [-0.2, 0) is 9.59 Å². The highest BCUT2D eigenvalue weighted by Crippen LogP contribution is 2.30. The van der Waals surface area contributed by atoms with E-state index in [-0.39, 0.29) is 47.9 Å². The van der Waals surface area contributed by atoms with E-state index in [9.17, 15) is 14.4 Å². The van der Waals surface area contributed by atoms with Crippen LogP contribution in [0.2, 0.25) is 0 Å². The molecule has 0 spiro atoms. The maximum absolute atomic E-state index is 12.2. The fraction of sp³-hybridized carbons (Fsp3) is 0.200. The van der Waals surface area contributed by atoms with Gasteiger partial charge < -0.3 is 26.0 Å². The van der Waals surface area contributed by atoms with Crippen molar-refractivity contribution in [1.82, 2.24) is 15.2 Å². The number of nitrogen functional groups attached to an aromatic ring is 1. The number of hydrogen-bond acceptors (Lipinski definition) is 9. The highest BCUT2D eigenvalue weighted by molar-refractivity contribution is 5.99. The van der Waals surface area contributed by atoms with E-state index in [4.69, 9.17) is 10.5 Å². The second-order valence-corrected chi connectivity index (χ2v) is 7.89. The van der Waals surface area contributed by atoms with Crippen LogP contribution in [0, 0.1) is 0 Å². The number of carbonyl (C=O) groups excluding carboxylic acids is 3. The van der Waals surface area contributed by atoms with Crippen molar-refractivity contribution in [2.24, 2.45) is 10.2 Å². The van der Waals surface area contributed by atoms with Crippen LogP contribution in [0.5, 0.6) is 5.75 Å². The Hall–Kier alpha value is -4.64. The molecule has 1 heterocycles. The van der Waals surface area contributed by atoms with Gasteiger partial charge in [-0.1, -0.05) is 30.3 Å². The second kappa shape index (κ2) is 12.7. The van der Waals surface area contributed by atoms with Gasteiger partial charge >= 0.3 is 5.97 Å². The van der Waals surface area contributed by atoms with Gasteiger partial charge in [-0.15, -0.1) is 10.2 Å². The number of hydrogen-bond donors (Lipinski definition) is 3. The largest absolute Gasteiger partial charge is 0.424 e. The standard InChI is InChI=1S/C25H27N7O4/c1-32(2)15-14-23(34)36-20-11-7-6-10-18(20)30-31-19-12-13-21(29-24(19)26)28-22(33)16-27-25(35)17-8-4-3-5-9-17/h3-13H,14-16H2,1-2H3,(H,27,35)(H3,26,28,29,33). The Labute approximate surface area is 208 Å². The first-order valence-corrected chi connectivity index (χ1v) is 11.1. The lowest BCUT2D eigenvalue weighted by atomic mass is 10.2. The summed E-state index contributed by atoms with van der Waals surface area (Å²) in [5.74, 6) is -0.709. The summed E-state index contributed by atoms with van der Waals surface area (Å²) >= 11 is 0. The summed E-state index contributed by atoms with van der Waals surface area (Å²) in [6, 6.07) is 18.3. The molecule has 36 heavy (non-hydrogen) atoms. The molecule has 0 unspecified atom stereocenters. The molecule has 2 aromatic carbocycles. The summed E-state index contributed by atoms with van der Waals surface area (Å²) in [6.45, 7) is 0.327. The minimum atomic E-state index is -0.467. The number of para-hydroxylation sites is 1. The van der Waals surface area contributed by atoms with Gasteiger partial charge in [-0.3, -0.25) is 14.4 Å². The van der Waals surface area contributed by atoms with Crippen molar-refractivity contribution in [3.05, 3.63) is 72.3 Å². The highest BCUT2D eigenvalue weighted by atomic mass is 16.5. The third-order valence-corrected chi connectivity index (χ3v) is 4.73. The molecular formula is C25H27N7O4. The van der Waals surface area contributed by atoms with Crippen LogP contribution >= 0.6 is 0 Å². The number of azo groups is 1. The summed E-state index contributed by atoms with van der Waals surface area (Å²) in [5.41, 5.74) is 7.03. The normalized spacial score (nSPS) is 10.9. The zero-order valence-corrected chi connectivity index (χ0v) is 20.0. The molecule has 3 aromatic rings. The Kier molecular flexibility index (Phi) is 9.18. The van der Waals surface area contributed by atoms with Gasteiger partial charge in [0.1, 0.15) is 17.2 Å². The van der Waals surface area contributed by atoms with E-state index < -0.39 is 5.91 Å². The Bertz CT molecular complexity index is 1250. The van der Waals surface area contributed by atoms with Crippen LogP contribution in [0.15, 0.2) is 77.0 Å². The van der Waals surface area contributed by atoms with Gasteiger partial charge in [-0.05, 0) is 50.5 Å².